The third-order valence-corrected chi connectivity index (χ3v) is 5.66. The van der Waals surface area contributed by atoms with E-state index in [9.17, 15) is 9.59 Å². The number of carbonyl (C=O) groups is 2. The van der Waals surface area contributed by atoms with Gasteiger partial charge in [0, 0.05) is 50.4 Å². The Morgan fingerprint density at radius 3 is 2.36 bits per heavy atom. The Hall–Kier alpha value is -2.08. The molecule has 0 bridgehead atoms. The van der Waals surface area contributed by atoms with Crippen molar-refractivity contribution in [3.05, 3.63) is 30.3 Å². The van der Waals surface area contributed by atoms with E-state index in [0.717, 1.165) is 32.7 Å². The Morgan fingerprint density at radius 2 is 1.79 bits per heavy atom. The zero-order chi connectivity index (χ0) is 20.6. The van der Waals surface area contributed by atoms with Gasteiger partial charge in [-0.3, -0.25) is 14.5 Å². The molecule has 6 nitrogen and oxygen atoms in total. The second-order valence-corrected chi connectivity index (χ2v) is 8.02. The predicted octanol–water partition coefficient (Wildman–Crippen LogP) is 2.68. The van der Waals surface area contributed by atoms with Crippen molar-refractivity contribution < 1.29 is 14.3 Å². The SMILES string of the molecule is CCOC(=O)C[C@](C)(NC(=O)CCN1CCN(c2ccccc2)CC1)C(C)C. The predicted molar refractivity (Wildman–Crippen MR) is 112 cm³/mol. The van der Waals surface area contributed by atoms with Crippen molar-refractivity contribution in [2.45, 2.75) is 46.1 Å². The molecule has 1 aromatic rings. The molecular formula is C22H35N3O3. The van der Waals surface area contributed by atoms with Crippen LogP contribution in [-0.2, 0) is 14.3 Å². The van der Waals surface area contributed by atoms with Gasteiger partial charge in [-0.1, -0.05) is 32.0 Å². The van der Waals surface area contributed by atoms with Gasteiger partial charge in [-0.05, 0) is 31.9 Å². The first-order valence-electron chi connectivity index (χ1n) is 10.3. The van der Waals surface area contributed by atoms with Crippen LogP contribution in [-0.4, -0.2) is 61.6 Å². The molecule has 1 saturated heterocycles. The number of benzene rings is 1. The quantitative estimate of drug-likeness (QED) is 0.658. The first-order valence-corrected chi connectivity index (χ1v) is 10.3. The average molecular weight is 390 g/mol. The van der Waals surface area contributed by atoms with E-state index in [1.54, 1.807) is 6.92 Å². The monoisotopic (exact) mass is 389 g/mol. The van der Waals surface area contributed by atoms with Crippen LogP contribution < -0.4 is 10.2 Å². The first kappa shape index (κ1) is 22.2. The molecule has 0 saturated carbocycles. The molecular weight excluding hydrogens is 354 g/mol. The summed E-state index contributed by atoms with van der Waals surface area (Å²) in [5, 5.41) is 3.08. The van der Waals surface area contributed by atoms with Crippen LogP contribution in [0.4, 0.5) is 5.69 Å². The van der Waals surface area contributed by atoms with Crippen LogP contribution in [0.2, 0.25) is 0 Å². The van der Waals surface area contributed by atoms with E-state index >= 15 is 0 Å². The number of carbonyl (C=O) groups excluding carboxylic acids is 2. The van der Waals surface area contributed by atoms with Crippen LogP contribution in [0.25, 0.3) is 0 Å². The summed E-state index contributed by atoms with van der Waals surface area (Å²) in [6.45, 7) is 12.7. The van der Waals surface area contributed by atoms with E-state index in [-0.39, 0.29) is 24.2 Å². The molecule has 0 spiro atoms. The minimum absolute atomic E-state index is 0.00834. The number of rotatable bonds is 9. The number of amides is 1. The summed E-state index contributed by atoms with van der Waals surface area (Å²) >= 11 is 0. The van der Waals surface area contributed by atoms with Gasteiger partial charge >= 0.3 is 5.97 Å². The Bertz CT molecular complexity index is 627. The van der Waals surface area contributed by atoms with Crippen molar-refractivity contribution in [3.63, 3.8) is 0 Å². The zero-order valence-corrected chi connectivity index (χ0v) is 17.7. The van der Waals surface area contributed by atoms with Gasteiger partial charge in [0.15, 0.2) is 0 Å². The largest absolute Gasteiger partial charge is 0.466 e. The van der Waals surface area contributed by atoms with Crippen molar-refractivity contribution in [2.75, 3.05) is 44.2 Å². The van der Waals surface area contributed by atoms with Gasteiger partial charge in [0.1, 0.15) is 0 Å². The van der Waals surface area contributed by atoms with Gasteiger partial charge in [0.05, 0.1) is 13.0 Å². The maximum absolute atomic E-state index is 12.5. The summed E-state index contributed by atoms with van der Waals surface area (Å²) in [6, 6.07) is 10.4. The lowest BCUT2D eigenvalue weighted by Gasteiger charge is -2.37. The molecule has 0 aromatic heterocycles. The molecule has 0 aliphatic carbocycles. The minimum Gasteiger partial charge on any atom is -0.466 e. The molecule has 0 unspecified atom stereocenters. The van der Waals surface area contributed by atoms with Crippen molar-refractivity contribution in [1.29, 1.82) is 0 Å². The fraction of sp³-hybridized carbons (Fsp3) is 0.636. The van der Waals surface area contributed by atoms with E-state index in [4.69, 9.17) is 4.74 Å². The smallest absolute Gasteiger partial charge is 0.308 e. The molecule has 1 N–H and O–H groups in total. The second kappa shape index (κ2) is 10.5. The third-order valence-electron chi connectivity index (χ3n) is 5.66. The maximum Gasteiger partial charge on any atom is 0.308 e. The number of hydrogen-bond acceptors (Lipinski definition) is 5. The summed E-state index contributed by atoms with van der Waals surface area (Å²) in [4.78, 5) is 29.2. The molecule has 1 heterocycles. The van der Waals surface area contributed by atoms with Gasteiger partial charge in [0.2, 0.25) is 5.91 Å². The number of para-hydroxylation sites is 1. The van der Waals surface area contributed by atoms with Gasteiger partial charge in [-0.2, -0.15) is 0 Å². The van der Waals surface area contributed by atoms with Crippen LogP contribution in [0.1, 0.15) is 40.5 Å². The van der Waals surface area contributed by atoms with E-state index in [2.05, 4.69) is 39.4 Å². The third kappa shape index (κ3) is 6.51. The number of piperazine rings is 1. The molecule has 1 aliphatic heterocycles. The Morgan fingerprint density at radius 1 is 1.14 bits per heavy atom. The highest BCUT2D eigenvalue weighted by Gasteiger charge is 2.33. The Kier molecular flexibility index (Phi) is 8.30. The summed E-state index contributed by atoms with van der Waals surface area (Å²) in [6.07, 6.45) is 0.635. The lowest BCUT2D eigenvalue weighted by molar-refractivity contribution is -0.145. The lowest BCUT2D eigenvalue weighted by Crippen LogP contribution is -2.52. The van der Waals surface area contributed by atoms with Crippen LogP contribution in [0.5, 0.6) is 0 Å². The number of nitrogens with one attached hydrogen (secondary N) is 1. The Labute approximate surface area is 169 Å². The van der Waals surface area contributed by atoms with Gasteiger partial charge < -0.3 is 15.0 Å². The number of nitrogens with zero attached hydrogens (tertiary/aromatic N) is 2. The van der Waals surface area contributed by atoms with Crippen LogP contribution in [0, 0.1) is 5.92 Å². The fourth-order valence-electron chi connectivity index (χ4n) is 3.41. The molecule has 1 amide bonds. The lowest BCUT2D eigenvalue weighted by atomic mass is 9.85. The Balaban J connectivity index is 1.77. The summed E-state index contributed by atoms with van der Waals surface area (Å²) in [7, 11) is 0. The van der Waals surface area contributed by atoms with E-state index < -0.39 is 5.54 Å². The topological polar surface area (TPSA) is 61.9 Å². The fourth-order valence-corrected chi connectivity index (χ4v) is 3.41. The zero-order valence-electron chi connectivity index (χ0n) is 17.7. The van der Waals surface area contributed by atoms with Gasteiger partial charge in [-0.25, -0.2) is 0 Å². The number of ether oxygens (including phenoxy) is 1. The van der Waals surface area contributed by atoms with Crippen molar-refractivity contribution >= 4 is 17.6 Å². The van der Waals surface area contributed by atoms with Gasteiger partial charge in [-0.15, -0.1) is 0 Å². The van der Waals surface area contributed by atoms with E-state index in [1.165, 1.54) is 5.69 Å². The molecule has 1 aromatic carbocycles. The van der Waals surface area contributed by atoms with Gasteiger partial charge in [0.25, 0.3) is 0 Å². The average Bonchev–Trinajstić information content (AvgIpc) is 2.67. The highest BCUT2D eigenvalue weighted by Crippen LogP contribution is 2.22. The van der Waals surface area contributed by atoms with Crippen LogP contribution in [0.3, 0.4) is 0 Å². The van der Waals surface area contributed by atoms with Crippen molar-refractivity contribution in [3.8, 4) is 0 Å². The standard InChI is InChI=1S/C22H35N3O3/c1-5-28-21(27)17-22(4,18(2)3)23-20(26)11-12-24-13-15-25(16-14-24)19-9-7-6-8-10-19/h6-10,18H,5,11-17H2,1-4H3,(H,23,26)/t22-/m0/s1. The molecule has 1 aliphatic rings. The minimum atomic E-state index is -0.588. The summed E-state index contributed by atoms with van der Waals surface area (Å²) < 4.78 is 5.07. The normalized spacial score (nSPS) is 17.2. The highest BCUT2D eigenvalue weighted by atomic mass is 16.5. The molecule has 1 fully saturated rings. The second-order valence-electron chi connectivity index (χ2n) is 8.02. The highest BCUT2D eigenvalue weighted by molar-refractivity contribution is 5.78. The molecule has 156 valence electrons. The van der Waals surface area contributed by atoms with Crippen molar-refractivity contribution in [2.24, 2.45) is 5.92 Å². The molecule has 0 radical (unpaired) electrons. The summed E-state index contributed by atoms with van der Waals surface area (Å²) in [5.41, 5.74) is 0.668. The summed E-state index contributed by atoms with van der Waals surface area (Å²) in [5.74, 6) is -0.141. The molecule has 6 heteroatoms. The van der Waals surface area contributed by atoms with Crippen LogP contribution in [0.15, 0.2) is 30.3 Å². The van der Waals surface area contributed by atoms with Crippen LogP contribution >= 0.6 is 0 Å². The molecule has 28 heavy (non-hydrogen) atoms. The van der Waals surface area contributed by atoms with E-state index in [1.807, 2.05) is 26.8 Å². The van der Waals surface area contributed by atoms with E-state index in [0.29, 0.717) is 13.0 Å². The molecule has 2 rings (SSSR count). The number of esters is 1. The van der Waals surface area contributed by atoms with Crippen molar-refractivity contribution in [1.82, 2.24) is 10.2 Å². The first-order chi connectivity index (χ1) is 13.3. The maximum atomic E-state index is 12.5. The number of anilines is 1. The number of hydrogen-bond donors (Lipinski definition) is 1. The molecule has 1 atom stereocenters.